The van der Waals surface area contributed by atoms with E-state index >= 15 is 0 Å². The summed E-state index contributed by atoms with van der Waals surface area (Å²) in [5, 5.41) is 3.31. The van der Waals surface area contributed by atoms with Crippen LogP contribution in [0.2, 0.25) is 5.02 Å². The number of hydrogen-bond donors (Lipinski definition) is 1. The van der Waals surface area contributed by atoms with Crippen molar-refractivity contribution < 1.29 is 22.7 Å². The second kappa shape index (κ2) is 13.5. The van der Waals surface area contributed by atoms with Gasteiger partial charge in [0.25, 0.3) is 0 Å². The summed E-state index contributed by atoms with van der Waals surface area (Å²) in [5.41, 5.74) is 1.96. The molecule has 0 aliphatic carbocycles. The number of rotatable bonds is 13. The molecule has 198 valence electrons. The lowest BCUT2D eigenvalue weighted by atomic mass is 10.1. The van der Waals surface area contributed by atoms with Crippen LogP contribution in [0.4, 0.5) is 5.69 Å². The number of nitrogens with one attached hydrogen (secondary N) is 1. The predicted octanol–water partition coefficient (Wildman–Crippen LogP) is 4.15. The minimum atomic E-state index is -3.60. The number of benzene rings is 2. The van der Waals surface area contributed by atoms with Crippen LogP contribution in [-0.2, 0) is 26.2 Å². The summed E-state index contributed by atoms with van der Waals surface area (Å²) in [5.74, 6) is 0.178. The summed E-state index contributed by atoms with van der Waals surface area (Å²) in [6.45, 7) is 6.26. The second-order valence-corrected chi connectivity index (χ2v) is 11.0. The molecule has 0 spiro atoms. The van der Waals surface area contributed by atoms with Gasteiger partial charge >= 0.3 is 0 Å². The highest BCUT2D eigenvalue weighted by Gasteiger charge is 2.27. The van der Waals surface area contributed by atoms with Crippen molar-refractivity contribution in [3.63, 3.8) is 0 Å². The summed E-state index contributed by atoms with van der Waals surface area (Å²) in [6.07, 6.45) is 2.26. The van der Waals surface area contributed by atoms with E-state index in [0.29, 0.717) is 28.6 Å². The molecule has 0 aliphatic rings. The smallest absolute Gasteiger partial charge is 0.242 e. The van der Waals surface area contributed by atoms with Crippen molar-refractivity contribution in [1.82, 2.24) is 10.2 Å². The van der Waals surface area contributed by atoms with Gasteiger partial charge in [-0.2, -0.15) is 0 Å². The largest absolute Gasteiger partial charge is 0.497 e. The Labute approximate surface area is 219 Å². The number of ether oxygens (including phenoxy) is 1. The fraction of sp³-hybridized carbons (Fsp3) is 0.462. The van der Waals surface area contributed by atoms with Gasteiger partial charge in [-0.3, -0.25) is 13.9 Å². The Morgan fingerprint density at radius 1 is 1.17 bits per heavy atom. The normalized spacial score (nSPS) is 12.1. The van der Waals surface area contributed by atoms with Gasteiger partial charge in [-0.1, -0.05) is 36.7 Å². The van der Waals surface area contributed by atoms with E-state index in [4.69, 9.17) is 16.3 Å². The number of methoxy groups -OCH3 is 1. The molecule has 8 nitrogen and oxygen atoms in total. The third-order valence-corrected chi connectivity index (χ3v) is 7.45. The standard InChI is InChI=1S/C26H36ClN3O5S/c1-6-15-28-26(32)20(3)29(18-21-10-7-11-22(17-21)35-4)25(31)14-9-16-30(36(5,33)34)24-13-8-12-23(27)19(24)2/h7-8,10-13,17,20H,6,9,14-16,18H2,1-5H3,(H,28,32). The number of halogens is 1. The van der Waals surface area contributed by atoms with E-state index in [9.17, 15) is 18.0 Å². The fourth-order valence-corrected chi connectivity index (χ4v) is 4.98. The Hall–Kier alpha value is -2.78. The summed E-state index contributed by atoms with van der Waals surface area (Å²) >= 11 is 6.20. The van der Waals surface area contributed by atoms with Crippen molar-refractivity contribution >= 4 is 39.1 Å². The monoisotopic (exact) mass is 537 g/mol. The van der Waals surface area contributed by atoms with Crippen molar-refractivity contribution in [2.45, 2.75) is 52.6 Å². The Kier molecular flexibility index (Phi) is 11.0. The molecule has 1 unspecified atom stereocenters. The van der Waals surface area contributed by atoms with Crippen LogP contribution >= 0.6 is 11.6 Å². The molecule has 0 aliphatic heterocycles. The van der Waals surface area contributed by atoms with Crippen molar-refractivity contribution in [1.29, 1.82) is 0 Å². The van der Waals surface area contributed by atoms with Gasteiger partial charge in [0.2, 0.25) is 21.8 Å². The number of carbonyl (C=O) groups excluding carboxylic acids is 2. The third kappa shape index (κ3) is 8.13. The van der Waals surface area contributed by atoms with E-state index < -0.39 is 16.1 Å². The zero-order valence-electron chi connectivity index (χ0n) is 21.6. The molecule has 2 aromatic rings. The first-order valence-corrected chi connectivity index (χ1v) is 14.1. The Morgan fingerprint density at radius 2 is 1.86 bits per heavy atom. The number of anilines is 1. The van der Waals surface area contributed by atoms with E-state index in [1.807, 2.05) is 31.2 Å². The second-order valence-electron chi connectivity index (χ2n) is 8.66. The van der Waals surface area contributed by atoms with Crippen LogP contribution in [-0.4, -0.2) is 57.6 Å². The predicted molar refractivity (Wildman–Crippen MR) is 144 cm³/mol. The lowest BCUT2D eigenvalue weighted by Gasteiger charge is -2.29. The quantitative estimate of drug-likeness (QED) is 0.414. The number of amides is 2. The van der Waals surface area contributed by atoms with E-state index in [2.05, 4.69) is 5.32 Å². The molecule has 1 N–H and O–H groups in total. The molecule has 0 bridgehead atoms. The van der Waals surface area contributed by atoms with Gasteiger partial charge in [0.15, 0.2) is 0 Å². The van der Waals surface area contributed by atoms with Crippen molar-refractivity contribution in [3.05, 3.63) is 58.6 Å². The van der Waals surface area contributed by atoms with Gasteiger partial charge in [-0.05, 0) is 62.1 Å². The van der Waals surface area contributed by atoms with Crippen molar-refractivity contribution in [2.75, 3.05) is 30.8 Å². The van der Waals surface area contributed by atoms with Crippen LogP contribution in [0.25, 0.3) is 0 Å². The van der Waals surface area contributed by atoms with E-state index in [1.54, 1.807) is 39.2 Å². The van der Waals surface area contributed by atoms with Crippen LogP contribution in [0.3, 0.4) is 0 Å². The molecular formula is C26H36ClN3O5S. The van der Waals surface area contributed by atoms with Gasteiger partial charge in [-0.25, -0.2) is 8.42 Å². The molecule has 0 saturated heterocycles. The highest BCUT2D eigenvalue weighted by molar-refractivity contribution is 7.92. The Morgan fingerprint density at radius 3 is 2.50 bits per heavy atom. The minimum absolute atomic E-state index is 0.0704. The summed E-state index contributed by atoms with van der Waals surface area (Å²) in [6, 6.07) is 11.7. The fourth-order valence-electron chi connectivity index (χ4n) is 3.79. The highest BCUT2D eigenvalue weighted by atomic mass is 35.5. The van der Waals surface area contributed by atoms with Gasteiger partial charge in [0.1, 0.15) is 11.8 Å². The Bertz CT molecular complexity index is 1160. The van der Waals surface area contributed by atoms with E-state index in [1.165, 1.54) is 9.21 Å². The van der Waals surface area contributed by atoms with Crippen molar-refractivity contribution in [3.8, 4) is 5.75 Å². The SMILES string of the molecule is CCCNC(=O)C(C)N(Cc1cccc(OC)c1)C(=O)CCCN(c1cccc(Cl)c1C)S(C)(=O)=O. The third-order valence-electron chi connectivity index (χ3n) is 5.86. The molecule has 0 fully saturated rings. The first-order valence-electron chi connectivity index (χ1n) is 11.9. The van der Waals surface area contributed by atoms with Gasteiger partial charge < -0.3 is 15.0 Å². The number of nitrogens with zero attached hydrogens (tertiary/aromatic N) is 2. The molecular weight excluding hydrogens is 502 g/mol. The average Bonchev–Trinajstić information content (AvgIpc) is 2.84. The van der Waals surface area contributed by atoms with Crippen LogP contribution in [0.5, 0.6) is 5.75 Å². The molecule has 2 aromatic carbocycles. The maximum atomic E-state index is 13.3. The van der Waals surface area contributed by atoms with E-state index in [-0.39, 0.29) is 37.7 Å². The molecule has 2 amide bonds. The van der Waals surface area contributed by atoms with Gasteiger partial charge in [0, 0.05) is 31.1 Å². The Balaban J connectivity index is 2.21. The highest BCUT2D eigenvalue weighted by Crippen LogP contribution is 2.28. The summed E-state index contributed by atoms with van der Waals surface area (Å²) in [4.78, 5) is 27.6. The molecule has 10 heteroatoms. The number of carbonyl (C=O) groups is 2. The number of hydrogen-bond acceptors (Lipinski definition) is 5. The first kappa shape index (κ1) is 29.5. The summed E-state index contributed by atoms with van der Waals surface area (Å²) < 4.78 is 31.6. The van der Waals surface area contributed by atoms with Gasteiger partial charge in [-0.15, -0.1) is 0 Å². The van der Waals surface area contributed by atoms with Crippen LogP contribution in [0, 0.1) is 6.92 Å². The lowest BCUT2D eigenvalue weighted by molar-refractivity contribution is -0.140. The molecule has 2 rings (SSSR count). The first-order chi connectivity index (χ1) is 17.0. The molecule has 1 atom stereocenters. The maximum absolute atomic E-state index is 13.3. The van der Waals surface area contributed by atoms with Crippen molar-refractivity contribution in [2.24, 2.45) is 0 Å². The molecule has 0 heterocycles. The number of sulfonamides is 1. The molecule has 0 radical (unpaired) electrons. The van der Waals surface area contributed by atoms with Crippen LogP contribution < -0.4 is 14.4 Å². The maximum Gasteiger partial charge on any atom is 0.242 e. The van der Waals surface area contributed by atoms with E-state index in [0.717, 1.165) is 18.2 Å². The molecule has 0 saturated carbocycles. The van der Waals surface area contributed by atoms with Gasteiger partial charge in [0.05, 0.1) is 19.1 Å². The molecule has 36 heavy (non-hydrogen) atoms. The van der Waals surface area contributed by atoms with Crippen LogP contribution in [0.15, 0.2) is 42.5 Å². The zero-order valence-corrected chi connectivity index (χ0v) is 23.2. The average molecular weight is 538 g/mol. The van der Waals surface area contributed by atoms with Crippen LogP contribution in [0.1, 0.15) is 44.2 Å². The minimum Gasteiger partial charge on any atom is -0.497 e. The lowest BCUT2D eigenvalue weighted by Crippen LogP contribution is -2.47. The zero-order chi connectivity index (χ0) is 26.9. The topological polar surface area (TPSA) is 96.0 Å². The molecule has 0 aromatic heterocycles. The summed E-state index contributed by atoms with van der Waals surface area (Å²) in [7, 11) is -2.03.